The fourth-order valence-electron chi connectivity index (χ4n) is 3.27. The summed E-state index contributed by atoms with van der Waals surface area (Å²) in [5, 5.41) is 0.932. The summed E-state index contributed by atoms with van der Waals surface area (Å²) < 4.78 is 0. The first-order valence-electron chi connectivity index (χ1n) is 7.10. The van der Waals surface area contributed by atoms with Crippen LogP contribution in [0.4, 0.5) is 0 Å². The molecular formula is C17H23Cl. The molecule has 1 aromatic rings. The van der Waals surface area contributed by atoms with Gasteiger partial charge in [-0.3, -0.25) is 0 Å². The van der Waals surface area contributed by atoms with Crippen LogP contribution in [0.1, 0.15) is 50.5 Å². The Morgan fingerprint density at radius 1 is 1.17 bits per heavy atom. The van der Waals surface area contributed by atoms with Gasteiger partial charge in [0.15, 0.2) is 0 Å². The first-order valence-corrected chi connectivity index (χ1v) is 7.48. The minimum atomic E-state index is 0.470. The molecule has 1 heteroatoms. The van der Waals surface area contributed by atoms with Gasteiger partial charge in [0.25, 0.3) is 0 Å². The minimum Gasteiger partial charge on any atom is -0.103 e. The molecule has 0 heterocycles. The summed E-state index contributed by atoms with van der Waals surface area (Å²) in [6, 6.07) is 8.32. The number of benzene rings is 1. The van der Waals surface area contributed by atoms with E-state index in [1.54, 1.807) is 0 Å². The van der Waals surface area contributed by atoms with Gasteiger partial charge in [0.05, 0.1) is 0 Å². The van der Waals surface area contributed by atoms with Crippen molar-refractivity contribution in [2.45, 2.75) is 51.4 Å². The molecule has 0 aliphatic heterocycles. The molecule has 0 radical (unpaired) electrons. The van der Waals surface area contributed by atoms with Crippen LogP contribution in [-0.2, 0) is 6.42 Å². The Morgan fingerprint density at radius 2 is 1.89 bits per heavy atom. The smallest absolute Gasteiger partial charge is 0.0438 e. The van der Waals surface area contributed by atoms with Gasteiger partial charge < -0.3 is 0 Å². The van der Waals surface area contributed by atoms with E-state index in [4.69, 9.17) is 11.6 Å². The van der Waals surface area contributed by atoms with Crippen LogP contribution in [0.15, 0.2) is 36.9 Å². The molecule has 1 fully saturated rings. The lowest BCUT2D eigenvalue weighted by molar-refractivity contribution is 0.173. The Balaban J connectivity index is 2.14. The molecule has 0 atom stereocenters. The van der Waals surface area contributed by atoms with Gasteiger partial charge in [-0.05, 0) is 49.1 Å². The Morgan fingerprint density at radius 3 is 2.56 bits per heavy atom. The highest BCUT2D eigenvalue weighted by Crippen LogP contribution is 2.43. The SMILES string of the molecule is C=CCCC1(Cc2ccccc2Cl)CCCCC1. The van der Waals surface area contributed by atoms with Gasteiger partial charge in [0.2, 0.25) is 0 Å². The maximum atomic E-state index is 6.32. The van der Waals surface area contributed by atoms with Gasteiger partial charge in [0, 0.05) is 5.02 Å². The summed E-state index contributed by atoms with van der Waals surface area (Å²) in [6.07, 6.45) is 12.5. The average Bonchev–Trinajstić information content (AvgIpc) is 2.40. The largest absolute Gasteiger partial charge is 0.103 e. The van der Waals surface area contributed by atoms with E-state index in [9.17, 15) is 0 Å². The zero-order chi connectivity index (χ0) is 12.8. The van der Waals surface area contributed by atoms with Gasteiger partial charge in [-0.2, -0.15) is 0 Å². The Hall–Kier alpha value is -0.750. The van der Waals surface area contributed by atoms with Crippen molar-refractivity contribution >= 4 is 11.6 Å². The van der Waals surface area contributed by atoms with E-state index in [1.165, 1.54) is 44.1 Å². The second kappa shape index (κ2) is 6.43. The highest BCUT2D eigenvalue weighted by molar-refractivity contribution is 6.31. The number of hydrogen-bond donors (Lipinski definition) is 0. The van der Waals surface area contributed by atoms with Gasteiger partial charge in [-0.15, -0.1) is 6.58 Å². The number of rotatable bonds is 5. The summed E-state index contributed by atoms with van der Waals surface area (Å²) in [5.74, 6) is 0. The van der Waals surface area contributed by atoms with Crippen molar-refractivity contribution in [3.05, 3.63) is 47.5 Å². The molecule has 2 rings (SSSR count). The topological polar surface area (TPSA) is 0 Å². The van der Waals surface area contributed by atoms with E-state index >= 15 is 0 Å². The third kappa shape index (κ3) is 3.38. The zero-order valence-corrected chi connectivity index (χ0v) is 11.9. The maximum Gasteiger partial charge on any atom is 0.0438 e. The van der Waals surface area contributed by atoms with E-state index in [0.29, 0.717) is 5.41 Å². The van der Waals surface area contributed by atoms with Crippen molar-refractivity contribution in [3.63, 3.8) is 0 Å². The predicted octanol–water partition coefficient (Wildman–Crippen LogP) is 5.80. The normalized spacial score (nSPS) is 18.5. The Labute approximate surface area is 116 Å². The van der Waals surface area contributed by atoms with E-state index in [0.717, 1.165) is 17.9 Å². The van der Waals surface area contributed by atoms with Crippen molar-refractivity contribution < 1.29 is 0 Å². The summed E-state index contributed by atoms with van der Waals surface area (Å²) in [7, 11) is 0. The highest BCUT2D eigenvalue weighted by atomic mass is 35.5. The third-order valence-electron chi connectivity index (χ3n) is 4.32. The van der Waals surface area contributed by atoms with Crippen molar-refractivity contribution in [1.82, 2.24) is 0 Å². The molecule has 98 valence electrons. The first kappa shape index (κ1) is 13.7. The molecule has 0 nitrogen and oxygen atoms in total. The van der Waals surface area contributed by atoms with Crippen LogP contribution in [0.25, 0.3) is 0 Å². The zero-order valence-electron chi connectivity index (χ0n) is 11.1. The lowest BCUT2D eigenvalue weighted by Gasteiger charge is -2.38. The molecule has 18 heavy (non-hydrogen) atoms. The fraction of sp³-hybridized carbons (Fsp3) is 0.529. The molecule has 0 N–H and O–H groups in total. The van der Waals surface area contributed by atoms with Crippen molar-refractivity contribution in [3.8, 4) is 0 Å². The fourth-order valence-corrected chi connectivity index (χ4v) is 3.47. The predicted molar refractivity (Wildman–Crippen MR) is 80.1 cm³/mol. The second-order valence-corrected chi connectivity index (χ2v) is 6.06. The molecule has 0 aromatic heterocycles. The second-order valence-electron chi connectivity index (χ2n) is 5.66. The number of allylic oxidation sites excluding steroid dienone is 1. The molecule has 0 unspecified atom stereocenters. The van der Waals surface area contributed by atoms with Gasteiger partial charge in [-0.1, -0.05) is 55.1 Å². The molecule has 0 bridgehead atoms. The lowest BCUT2D eigenvalue weighted by Crippen LogP contribution is -2.26. The summed E-state index contributed by atoms with van der Waals surface area (Å²) in [6.45, 7) is 3.87. The van der Waals surface area contributed by atoms with Gasteiger partial charge >= 0.3 is 0 Å². The average molecular weight is 263 g/mol. The Kier molecular flexibility index (Phi) is 4.88. The minimum absolute atomic E-state index is 0.470. The molecule has 1 aliphatic rings. The summed E-state index contributed by atoms with van der Waals surface area (Å²) >= 11 is 6.32. The van der Waals surface area contributed by atoms with E-state index in [1.807, 2.05) is 12.1 Å². The van der Waals surface area contributed by atoms with Gasteiger partial charge in [-0.25, -0.2) is 0 Å². The third-order valence-corrected chi connectivity index (χ3v) is 4.69. The van der Waals surface area contributed by atoms with Crippen LogP contribution in [0.5, 0.6) is 0 Å². The van der Waals surface area contributed by atoms with E-state index in [-0.39, 0.29) is 0 Å². The van der Waals surface area contributed by atoms with Crippen LogP contribution in [0.2, 0.25) is 5.02 Å². The van der Waals surface area contributed by atoms with Crippen LogP contribution in [-0.4, -0.2) is 0 Å². The van der Waals surface area contributed by atoms with Crippen molar-refractivity contribution in [1.29, 1.82) is 0 Å². The number of halogens is 1. The summed E-state index contributed by atoms with van der Waals surface area (Å²) in [4.78, 5) is 0. The molecule has 1 saturated carbocycles. The molecule has 0 saturated heterocycles. The quantitative estimate of drug-likeness (QED) is 0.589. The molecular weight excluding hydrogens is 240 g/mol. The molecule has 0 spiro atoms. The van der Waals surface area contributed by atoms with Crippen LogP contribution < -0.4 is 0 Å². The monoisotopic (exact) mass is 262 g/mol. The van der Waals surface area contributed by atoms with Crippen LogP contribution >= 0.6 is 11.6 Å². The van der Waals surface area contributed by atoms with E-state index in [2.05, 4.69) is 24.8 Å². The standard InChI is InChI=1S/C17H23Cl/c1-2-3-11-17(12-7-4-8-13-17)14-15-9-5-6-10-16(15)18/h2,5-6,9-10H,1,3-4,7-8,11-14H2. The molecule has 1 aromatic carbocycles. The first-order chi connectivity index (χ1) is 8.76. The lowest BCUT2D eigenvalue weighted by atomic mass is 9.68. The van der Waals surface area contributed by atoms with Crippen LogP contribution in [0.3, 0.4) is 0 Å². The maximum absolute atomic E-state index is 6.32. The van der Waals surface area contributed by atoms with Crippen LogP contribution in [0, 0.1) is 5.41 Å². The molecule has 0 amide bonds. The van der Waals surface area contributed by atoms with Crippen molar-refractivity contribution in [2.24, 2.45) is 5.41 Å². The number of hydrogen-bond acceptors (Lipinski definition) is 0. The van der Waals surface area contributed by atoms with Crippen molar-refractivity contribution in [2.75, 3.05) is 0 Å². The molecule has 1 aliphatic carbocycles. The summed E-state index contributed by atoms with van der Waals surface area (Å²) in [5.41, 5.74) is 1.79. The van der Waals surface area contributed by atoms with Gasteiger partial charge in [0.1, 0.15) is 0 Å². The van der Waals surface area contributed by atoms with E-state index < -0.39 is 0 Å². The highest BCUT2D eigenvalue weighted by Gasteiger charge is 2.31. The Bertz CT molecular complexity index is 388.